The summed E-state index contributed by atoms with van der Waals surface area (Å²) in [6.07, 6.45) is 0. The minimum Gasteiger partial charge on any atom is -0.497 e. The number of hydrogen-bond donors (Lipinski definition) is 1. The van der Waals surface area contributed by atoms with Gasteiger partial charge in [-0.3, -0.25) is 9.69 Å². The van der Waals surface area contributed by atoms with Crippen molar-refractivity contribution in [3.63, 3.8) is 0 Å². The Morgan fingerprint density at radius 2 is 1.50 bits per heavy atom. The highest BCUT2D eigenvalue weighted by Crippen LogP contribution is 2.28. The van der Waals surface area contributed by atoms with Crippen LogP contribution >= 0.6 is 0 Å². The molecule has 3 aromatic carbocycles. The molecule has 0 saturated carbocycles. The highest BCUT2D eigenvalue weighted by atomic mass is 32.2. The molecule has 0 bridgehead atoms. The maximum atomic E-state index is 13.1. The van der Waals surface area contributed by atoms with E-state index in [1.165, 1.54) is 4.31 Å². The van der Waals surface area contributed by atoms with E-state index >= 15 is 0 Å². The SMILES string of the molecule is COc1ccc(S(=O)(=O)N2CCN([C@@H](C)C(=O)Nc3ccccc3-c3ccccc3)CC2)cc1. The number of sulfonamides is 1. The lowest BCUT2D eigenvalue weighted by Gasteiger charge is -2.36. The van der Waals surface area contributed by atoms with Crippen LogP contribution in [-0.4, -0.2) is 62.9 Å². The Bertz CT molecular complexity index is 1220. The van der Waals surface area contributed by atoms with Crippen molar-refractivity contribution in [1.29, 1.82) is 0 Å². The molecule has 1 heterocycles. The fourth-order valence-corrected chi connectivity index (χ4v) is 5.51. The van der Waals surface area contributed by atoms with E-state index in [1.807, 2.05) is 66.4 Å². The molecule has 178 valence electrons. The van der Waals surface area contributed by atoms with Crippen LogP contribution in [0.25, 0.3) is 11.1 Å². The van der Waals surface area contributed by atoms with Crippen LogP contribution in [0.15, 0.2) is 83.8 Å². The van der Waals surface area contributed by atoms with Gasteiger partial charge in [0.25, 0.3) is 0 Å². The van der Waals surface area contributed by atoms with Crippen LogP contribution in [0, 0.1) is 0 Å². The van der Waals surface area contributed by atoms with E-state index in [-0.39, 0.29) is 10.8 Å². The van der Waals surface area contributed by atoms with E-state index < -0.39 is 16.1 Å². The molecule has 1 aliphatic heterocycles. The summed E-state index contributed by atoms with van der Waals surface area (Å²) in [4.78, 5) is 15.3. The molecule has 1 N–H and O–H groups in total. The van der Waals surface area contributed by atoms with Crippen molar-refractivity contribution in [1.82, 2.24) is 9.21 Å². The van der Waals surface area contributed by atoms with E-state index in [9.17, 15) is 13.2 Å². The molecule has 0 radical (unpaired) electrons. The monoisotopic (exact) mass is 479 g/mol. The van der Waals surface area contributed by atoms with Gasteiger partial charge in [-0.1, -0.05) is 48.5 Å². The zero-order valence-electron chi connectivity index (χ0n) is 19.3. The molecule has 0 unspecified atom stereocenters. The molecule has 1 saturated heterocycles. The van der Waals surface area contributed by atoms with Gasteiger partial charge in [0.2, 0.25) is 15.9 Å². The predicted octanol–water partition coefficient (Wildman–Crippen LogP) is 3.70. The first kappa shape index (κ1) is 23.9. The number of nitrogens with zero attached hydrogens (tertiary/aromatic N) is 2. The average molecular weight is 480 g/mol. The summed E-state index contributed by atoms with van der Waals surface area (Å²) in [5.74, 6) is 0.493. The number of para-hydroxylation sites is 1. The Morgan fingerprint density at radius 3 is 2.15 bits per heavy atom. The molecule has 1 aliphatic rings. The van der Waals surface area contributed by atoms with Gasteiger partial charge in [0.1, 0.15) is 5.75 Å². The first-order valence-electron chi connectivity index (χ1n) is 11.2. The van der Waals surface area contributed by atoms with Gasteiger partial charge in [-0.25, -0.2) is 8.42 Å². The van der Waals surface area contributed by atoms with Crippen LogP contribution in [-0.2, 0) is 14.8 Å². The van der Waals surface area contributed by atoms with E-state index in [4.69, 9.17) is 4.74 Å². The summed E-state index contributed by atoms with van der Waals surface area (Å²) in [6, 6.07) is 23.6. The highest BCUT2D eigenvalue weighted by Gasteiger charge is 2.32. The number of benzene rings is 3. The first-order valence-corrected chi connectivity index (χ1v) is 12.7. The van der Waals surface area contributed by atoms with Gasteiger partial charge in [-0.15, -0.1) is 0 Å². The minimum absolute atomic E-state index is 0.116. The van der Waals surface area contributed by atoms with Crippen LogP contribution in [0.3, 0.4) is 0 Å². The lowest BCUT2D eigenvalue weighted by Crippen LogP contribution is -2.53. The third-order valence-corrected chi connectivity index (χ3v) is 8.08. The second kappa shape index (κ2) is 10.4. The van der Waals surface area contributed by atoms with Gasteiger partial charge >= 0.3 is 0 Å². The maximum Gasteiger partial charge on any atom is 0.243 e. The molecule has 0 spiro atoms. The summed E-state index contributed by atoms with van der Waals surface area (Å²) >= 11 is 0. The van der Waals surface area contributed by atoms with Gasteiger partial charge in [-0.2, -0.15) is 4.31 Å². The van der Waals surface area contributed by atoms with Crippen molar-refractivity contribution in [2.45, 2.75) is 17.9 Å². The molecule has 1 fully saturated rings. The van der Waals surface area contributed by atoms with E-state index in [2.05, 4.69) is 5.32 Å². The lowest BCUT2D eigenvalue weighted by molar-refractivity contribution is -0.121. The number of carbonyl (C=O) groups is 1. The number of rotatable bonds is 7. The summed E-state index contributed by atoms with van der Waals surface area (Å²) < 4.78 is 32.6. The number of ether oxygens (including phenoxy) is 1. The summed E-state index contributed by atoms with van der Waals surface area (Å²) in [6.45, 7) is 3.46. The molecule has 0 aromatic heterocycles. The molecular formula is C26H29N3O4S. The second-order valence-corrected chi connectivity index (χ2v) is 10.1. The molecule has 4 rings (SSSR count). The fraction of sp³-hybridized carbons (Fsp3) is 0.269. The number of anilines is 1. The molecule has 0 aliphatic carbocycles. The van der Waals surface area contributed by atoms with Gasteiger partial charge in [0.15, 0.2) is 0 Å². The van der Waals surface area contributed by atoms with Crippen LogP contribution < -0.4 is 10.1 Å². The number of nitrogens with one attached hydrogen (secondary N) is 1. The Balaban J connectivity index is 1.39. The second-order valence-electron chi connectivity index (χ2n) is 8.19. The van der Waals surface area contributed by atoms with E-state index in [1.54, 1.807) is 31.4 Å². The summed E-state index contributed by atoms with van der Waals surface area (Å²) in [7, 11) is -2.05. The summed E-state index contributed by atoms with van der Waals surface area (Å²) in [5.41, 5.74) is 2.74. The predicted molar refractivity (Wildman–Crippen MR) is 133 cm³/mol. The lowest BCUT2D eigenvalue weighted by atomic mass is 10.0. The standard InChI is InChI=1S/C26H29N3O4S/c1-20(26(30)27-25-11-7-6-10-24(25)21-8-4-3-5-9-21)28-16-18-29(19-17-28)34(31,32)23-14-12-22(33-2)13-15-23/h3-15,20H,16-19H2,1-2H3,(H,27,30)/t20-/m0/s1. The van der Waals surface area contributed by atoms with E-state index in [0.29, 0.717) is 31.9 Å². The number of carbonyl (C=O) groups excluding carboxylic acids is 1. The van der Waals surface area contributed by atoms with Crippen molar-refractivity contribution >= 4 is 21.6 Å². The molecule has 7 nitrogen and oxygen atoms in total. The number of piperazine rings is 1. The zero-order valence-corrected chi connectivity index (χ0v) is 20.2. The first-order chi connectivity index (χ1) is 16.4. The maximum absolute atomic E-state index is 13.1. The number of methoxy groups -OCH3 is 1. The number of hydrogen-bond acceptors (Lipinski definition) is 5. The van der Waals surface area contributed by atoms with Gasteiger partial charge in [0, 0.05) is 37.4 Å². The molecule has 34 heavy (non-hydrogen) atoms. The molecule has 1 atom stereocenters. The van der Waals surface area contributed by atoms with Gasteiger partial charge in [-0.05, 0) is 42.8 Å². The molecule has 3 aromatic rings. The van der Waals surface area contributed by atoms with Crippen molar-refractivity contribution in [2.75, 3.05) is 38.6 Å². The highest BCUT2D eigenvalue weighted by molar-refractivity contribution is 7.89. The Morgan fingerprint density at radius 1 is 0.882 bits per heavy atom. The minimum atomic E-state index is -3.59. The quantitative estimate of drug-likeness (QED) is 0.559. The zero-order chi connectivity index (χ0) is 24.1. The van der Waals surface area contributed by atoms with Gasteiger partial charge < -0.3 is 10.1 Å². The third-order valence-electron chi connectivity index (χ3n) is 6.17. The largest absolute Gasteiger partial charge is 0.497 e. The molecule has 1 amide bonds. The van der Waals surface area contributed by atoms with Crippen molar-refractivity contribution in [3.05, 3.63) is 78.9 Å². The average Bonchev–Trinajstić information content (AvgIpc) is 2.89. The fourth-order valence-electron chi connectivity index (χ4n) is 4.09. The van der Waals surface area contributed by atoms with Gasteiger partial charge in [0.05, 0.1) is 18.0 Å². The Kier molecular flexibility index (Phi) is 7.31. The topological polar surface area (TPSA) is 79.0 Å². The van der Waals surface area contributed by atoms with Crippen molar-refractivity contribution in [2.24, 2.45) is 0 Å². The van der Waals surface area contributed by atoms with Crippen molar-refractivity contribution < 1.29 is 17.9 Å². The third kappa shape index (κ3) is 5.14. The Hall–Kier alpha value is -3.20. The summed E-state index contributed by atoms with van der Waals surface area (Å²) in [5, 5.41) is 3.06. The van der Waals surface area contributed by atoms with Crippen LogP contribution in [0.5, 0.6) is 5.75 Å². The molecule has 8 heteroatoms. The van der Waals surface area contributed by atoms with Crippen LogP contribution in [0.4, 0.5) is 5.69 Å². The van der Waals surface area contributed by atoms with Crippen LogP contribution in [0.1, 0.15) is 6.92 Å². The Labute approximate surface area is 201 Å². The van der Waals surface area contributed by atoms with Crippen molar-refractivity contribution in [3.8, 4) is 16.9 Å². The van der Waals surface area contributed by atoms with E-state index in [0.717, 1.165) is 16.8 Å². The smallest absolute Gasteiger partial charge is 0.243 e. The molecular weight excluding hydrogens is 450 g/mol. The normalized spacial score (nSPS) is 16.1. The number of amides is 1. The van der Waals surface area contributed by atoms with Crippen LogP contribution in [0.2, 0.25) is 0 Å².